The largest absolute Gasteiger partial charge is 0.497 e. The van der Waals surface area contributed by atoms with Crippen molar-refractivity contribution in [3.63, 3.8) is 0 Å². The van der Waals surface area contributed by atoms with Gasteiger partial charge in [-0.15, -0.1) is 0 Å². The van der Waals surface area contributed by atoms with Gasteiger partial charge in [-0.25, -0.2) is 4.39 Å². The highest BCUT2D eigenvalue weighted by atomic mass is 19.1. The van der Waals surface area contributed by atoms with Crippen LogP contribution in [0.15, 0.2) is 79.3 Å². The minimum atomic E-state index is -1.01. The van der Waals surface area contributed by atoms with E-state index in [-0.39, 0.29) is 5.71 Å². The number of pyridine rings is 1. The summed E-state index contributed by atoms with van der Waals surface area (Å²) in [6.07, 6.45) is 4.22. The average Bonchev–Trinajstić information content (AvgIpc) is 2.81. The molecule has 2 aromatic carbocycles. The van der Waals surface area contributed by atoms with Gasteiger partial charge in [0.1, 0.15) is 29.5 Å². The molecule has 0 aliphatic carbocycles. The van der Waals surface area contributed by atoms with Crippen molar-refractivity contribution in [1.82, 2.24) is 4.98 Å². The van der Waals surface area contributed by atoms with E-state index in [9.17, 15) is 9.18 Å². The lowest BCUT2D eigenvalue weighted by molar-refractivity contribution is -0.555. The highest BCUT2D eigenvalue weighted by Gasteiger charge is 2.28. The van der Waals surface area contributed by atoms with Crippen molar-refractivity contribution in [1.29, 1.82) is 5.41 Å². The molecule has 6 nitrogen and oxygen atoms in total. The number of carbonyl (C=O) groups excluding carboxylic acids is 1. The SMILES string of the molecule is C[NH2+]/C=C(\C(=N)C(=O)C(Nc1cccc(OC)c1)c1cncc(F)c1)c1ccccc1. The number of aromatic nitrogens is 1. The summed E-state index contributed by atoms with van der Waals surface area (Å²) in [6, 6.07) is 16.5. The maximum absolute atomic E-state index is 13.9. The maximum atomic E-state index is 13.9. The zero-order chi connectivity index (χ0) is 22.2. The van der Waals surface area contributed by atoms with Crippen LogP contribution in [-0.4, -0.2) is 30.6 Å². The third-order valence-corrected chi connectivity index (χ3v) is 4.64. The Labute approximate surface area is 180 Å². The molecule has 0 fully saturated rings. The smallest absolute Gasteiger partial charge is 0.208 e. The molecule has 0 spiro atoms. The monoisotopic (exact) mass is 419 g/mol. The minimum absolute atomic E-state index is 0.186. The number of nitrogens with zero attached hydrogens (tertiary/aromatic N) is 1. The summed E-state index contributed by atoms with van der Waals surface area (Å²) in [5.74, 6) is -0.462. The predicted molar refractivity (Wildman–Crippen MR) is 119 cm³/mol. The van der Waals surface area contributed by atoms with Gasteiger partial charge in [-0.1, -0.05) is 36.4 Å². The number of hydrogen-bond acceptors (Lipinski definition) is 5. The summed E-state index contributed by atoms with van der Waals surface area (Å²) in [7, 11) is 3.37. The molecule has 4 N–H and O–H groups in total. The van der Waals surface area contributed by atoms with Crippen molar-refractivity contribution in [2.45, 2.75) is 6.04 Å². The van der Waals surface area contributed by atoms with Crippen LogP contribution in [0.2, 0.25) is 0 Å². The molecule has 0 saturated heterocycles. The van der Waals surface area contributed by atoms with Gasteiger partial charge in [0.25, 0.3) is 0 Å². The fraction of sp³-hybridized carbons (Fsp3) is 0.125. The van der Waals surface area contributed by atoms with Crippen LogP contribution < -0.4 is 15.4 Å². The standard InChI is InChI=1S/C24H23FN4O2/c1-27-15-21(16-7-4-3-5-8-16)22(26)24(30)23(17-11-18(25)14-28-13-17)29-19-9-6-10-20(12-19)31-2/h3-15,23,26-27,29H,1-2H3/p+1/b21-15-,26-22?. The Morgan fingerprint density at radius 2 is 1.94 bits per heavy atom. The van der Waals surface area contributed by atoms with Crippen molar-refractivity contribution in [2.24, 2.45) is 0 Å². The van der Waals surface area contributed by atoms with E-state index in [1.165, 1.54) is 12.3 Å². The van der Waals surface area contributed by atoms with E-state index in [1.54, 1.807) is 42.9 Å². The maximum Gasteiger partial charge on any atom is 0.208 e. The number of carbonyl (C=O) groups is 1. The van der Waals surface area contributed by atoms with Crippen molar-refractivity contribution in [3.05, 3.63) is 96.2 Å². The molecular weight excluding hydrogens is 395 g/mol. The van der Waals surface area contributed by atoms with Crippen LogP contribution in [0.25, 0.3) is 5.57 Å². The molecule has 0 saturated carbocycles. The van der Waals surface area contributed by atoms with E-state index in [0.29, 0.717) is 22.6 Å². The third kappa shape index (κ3) is 5.40. The summed E-state index contributed by atoms with van der Waals surface area (Å²) in [6.45, 7) is 0. The number of allylic oxidation sites excluding steroid dienone is 1. The number of halogens is 1. The molecule has 1 aromatic heterocycles. The van der Waals surface area contributed by atoms with Gasteiger partial charge >= 0.3 is 0 Å². The van der Waals surface area contributed by atoms with Crippen LogP contribution in [-0.2, 0) is 4.79 Å². The quantitative estimate of drug-likeness (QED) is 0.465. The van der Waals surface area contributed by atoms with Gasteiger partial charge in [0.15, 0.2) is 0 Å². The molecule has 158 valence electrons. The van der Waals surface area contributed by atoms with E-state index in [2.05, 4.69) is 10.3 Å². The Kier molecular flexibility index (Phi) is 7.24. The number of anilines is 1. The topological polar surface area (TPSA) is 91.7 Å². The molecule has 0 aliphatic rings. The van der Waals surface area contributed by atoms with Crippen molar-refractivity contribution in [3.8, 4) is 5.75 Å². The number of nitrogens with two attached hydrogens (primary N) is 1. The fourth-order valence-corrected chi connectivity index (χ4v) is 3.15. The van der Waals surface area contributed by atoms with Gasteiger partial charge in [-0.3, -0.25) is 15.2 Å². The first-order valence-electron chi connectivity index (χ1n) is 9.72. The van der Waals surface area contributed by atoms with Crippen LogP contribution in [0.3, 0.4) is 0 Å². The molecule has 0 bridgehead atoms. The predicted octanol–water partition coefficient (Wildman–Crippen LogP) is 3.21. The summed E-state index contributed by atoms with van der Waals surface area (Å²) in [4.78, 5) is 17.4. The summed E-state index contributed by atoms with van der Waals surface area (Å²) in [5.41, 5.74) is 1.97. The van der Waals surface area contributed by atoms with Gasteiger partial charge in [-0.2, -0.15) is 0 Å². The van der Waals surface area contributed by atoms with E-state index >= 15 is 0 Å². The molecule has 7 heteroatoms. The van der Waals surface area contributed by atoms with Crippen LogP contribution in [0.4, 0.5) is 10.1 Å². The lowest BCUT2D eigenvalue weighted by atomic mass is 9.93. The lowest BCUT2D eigenvalue weighted by Crippen LogP contribution is -2.73. The summed E-state index contributed by atoms with van der Waals surface area (Å²) >= 11 is 0. The fourth-order valence-electron chi connectivity index (χ4n) is 3.15. The zero-order valence-corrected chi connectivity index (χ0v) is 17.3. The first-order valence-corrected chi connectivity index (χ1v) is 9.72. The van der Waals surface area contributed by atoms with Crippen LogP contribution >= 0.6 is 0 Å². The molecule has 3 aromatic rings. The zero-order valence-electron chi connectivity index (χ0n) is 17.3. The Morgan fingerprint density at radius 3 is 2.61 bits per heavy atom. The molecule has 0 radical (unpaired) electrons. The molecule has 0 aliphatic heterocycles. The summed E-state index contributed by atoms with van der Waals surface area (Å²) in [5, 5.41) is 13.5. The number of ketones is 1. The molecule has 1 unspecified atom stereocenters. The molecule has 0 amide bonds. The van der Waals surface area contributed by atoms with Crippen molar-refractivity contribution in [2.75, 3.05) is 19.5 Å². The van der Waals surface area contributed by atoms with Crippen LogP contribution in [0.5, 0.6) is 5.75 Å². The third-order valence-electron chi connectivity index (χ3n) is 4.64. The first-order chi connectivity index (χ1) is 15.0. The number of methoxy groups -OCH3 is 1. The Hall–Kier alpha value is -3.84. The minimum Gasteiger partial charge on any atom is -0.497 e. The second-order valence-electron chi connectivity index (χ2n) is 6.76. The van der Waals surface area contributed by atoms with E-state index in [4.69, 9.17) is 10.1 Å². The number of ether oxygens (including phenoxy) is 1. The van der Waals surface area contributed by atoms with Gasteiger partial charge in [-0.05, 0) is 23.8 Å². The first kappa shape index (κ1) is 21.9. The number of hydrogen-bond donors (Lipinski definition) is 3. The van der Waals surface area contributed by atoms with Crippen LogP contribution in [0.1, 0.15) is 17.2 Å². The Balaban J connectivity index is 2.00. The van der Waals surface area contributed by atoms with Gasteiger partial charge in [0.2, 0.25) is 5.78 Å². The van der Waals surface area contributed by atoms with Crippen molar-refractivity contribution < 1.29 is 19.2 Å². The highest BCUT2D eigenvalue weighted by molar-refractivity contribution is 6.56. The number of rotatable bonds is 9. The lowest BCUT2D eigenvalue weighted by Gasteiger charge is -2.20. The Morgan fingerprint density at radius 1 is 1.16 bits per heavy atom. The Bertz CT molecular complexity index is 1100. The second-order valence-corrected chi connectivity index (χ2v) is 6.76. The number of benzene rings is 2. The van der Waals surface area contributed by atoms with Gasteiger partial charge in [0, 0.05) is 23.5 Å². The normalized spacial score (nSPS) is 12.2. The highest BCUT2D eigenvalue weighted by Crippen LogP contribution is 2.26. The van der Waals surface area contributed by atoms with E-state index < -0.39 is 17.6 Å². The van der Waals surface area contributed by atoms with Gasteiger partial charge in [0.05, 0.1) is 25.9 Å². The second kappa shape index (κ2) is 10.3. The van der Waals surface area contributed by atoms with Crippen LogP contribution in [0, 0.1) is 11.2 Å². The molecule has 31 heavy (non-hydrogen) atoms. The summed E-state index contributed by atoms with van der Waals surface area (Å²) < 4.78 is 19.1. The van der Waals surface area contributed by atoms with Gasteiger partial charge < -0.3 is 15.4 Å². The van der Waals surface area contributed by atoms with Crippen molar-refractivity contribution >= 4 is 22.8 Å². The molecular formula is C24H24FN4O2+. The molecule has 3 rings (SSSR count). The number of Topliss-reactive ketones (excluding diaryl/α,β-unsaturated/α-hetero) is 1. The van der Waals surface area contributed by atoms with E-state index in [1.807, 2.05) is 37.4 Å². The average molecular weight is 419 g/mol. The molecule has 1 atom stereocenters. The number of quaternary nitrogens is 1. The number of nitrogens with one attached hydrogen (secondary N) is 2. The molecule has 1 heterocycles. The van der Waals surface area contributed by atoms with E-state index in [0.717, 1.165) is 11.8 Å².